The molecule has 0 atom stereocenters. The Hall–Kier alpha value is -3.21. The van der Waals surface area contributed by atoms with Crippen molar-refractivity contribution in [1.82, 2.24) is 9.97 Å². The van der Waals surface area contributed by atoms with Gasteiger partial charge in [0, 0.05) is 29.4 Å². The zero-order chi connectivity index (χ0) is 18.4. The molecular formula is C21H21N3O2. The van der Waals surface area contributed by atoms with Crippen molar-refractivity contribution in [3.05, 3.63) is 82.3 Å². The zero-order valence-electron chi connectivity index (χ0n) is 14.7. The van der Waals surface area contributed by atoms with Gasteiger partial charge in [-0.2, -0.15) is 0 Å². The van der Waals surface area contributed by atoms with Crippen molar-refractivity contribution in [3.63, 3.8) is 0 Å². The van der Waals surface area contributed by atoms with Crippen LogP contribution in [0.5, 0.6) is 0 Å². The maximum Gasteiger partial charge on any atom is 0.251 e. The van der Waals surface area contributed by atoms with Crippen LogP contribution in [0.25, 0.3) is 11.4 Å². The minimum atomic E-state index is -0.192. The Morgan fingerprint density at radius 2 is 1.88 bits per heavy atom. The first kappa shape index (κ1) is 17.6. The monoisotopic (exact) mass is 347 g/mol. The molecule has 3 rings (SSSR count). The van der Waals surface area contributed by atoms with Gasteiger partial charge in [-0.1, -0.05) is 42.5 Å². The molecule has 2 N–H and O–H groups in total. The highest BCUT2D eigenvalue weighted by Crippen LogP contribution is 2.19. The number of aromatic nitrogens is 2. The molecule has 0 saturated heterocycles. The van der Waals surface area contributed by atoms with Crippen LogP contribution < -0.4 is 10.9 Å². The van der Waals surface area contributed by atoms with Crippen LogP contribution in [-0.4, -0.2) is 15.9 Å². The summed E-state index contributed by atoms with van der Waals surface area (Å²) in [4.78, 5) is 30.8. The number of carbonyl (C=O) groups excluding carboxylic acids is 1. The fourth-order valence-electron chi connectivity index (χ4n) is 2.78. The molecule has 26 heavy (non-hydrogen) atoms. The number of benzene rings is 2. The van der Waals surface area contributed by atoms with Crippen LogP contribution in [0.15, 0.2) is 65.5 Å². The number of hydrogen-bond acceptors (Lipinski definition) is 3. The van der Waals surface area contributed by atoms with Crippen molar-refractivity contribution in [1.29, 1.82) is 0 Å². The number of aromatic amines is 1. The smallest absolute Gasteiger partial charge is 0.251 e. The lowest BCUT2D eigenvalue weighted by atomic mass is 10.1. The van der Waals surface area contributed by atoms with Gasteiger partial charge in [0.15, 0.2) is 0 Å². The molecule has 0 aliphatic carbocycles. The summed E-state index contributed by atoms with van der Waals surface area (Å²) < 4.78 is 0. The highest BCUT2D eigenvalue weighted by Gasteiger charge is 2.06. The zero-order valence-corrected chi connectivity index (χ0v) is 14.7. The van der Waals surface area contributed by atoms with E-state index in [1.165, 1.54) is 11.6 Å². The Morgan fingerprint density at radius 3 is 2.65 bits per heavy atom. The van der Waals surface area contributed by atoms with Gasteiger partial charge in [0.25, 0.3) is 5.56 Å². The Balaban J connectivity index is 1.61. The third-order valence-corrected chi connectivity index (χ3v) is 4.00. The summed E-state index contributed by atoms with van der Waals surface area (Å²) in [5, 5.41) is 2.91. The molecule has 1 aromatic heterocycles. The standard InChI is InChI=1S/C21H21N3O2/c1-15-13-20(26)24-21(22-15)17-10-6-11-18(14-17)23-19(25)12-5-9-16-7-3-2-4-8-16/h2-4,6-8,10-11,13-14H,5,9,12H2,1H3,(H,23,25)(H,22,24,26). The minimum Gasteiger partial charge on any atom is -0.326 e. The molecule has 1 amide bonds. The van der Waals surface area contributed by atoms with Gasteiger partial charge in [-0.25, -0.2) is 4.98 Å². The molecule has 2 aromatic carbocycles. The van der Waals surface area contributed by atoms with Crippen molar-refractivity contribution in [3.8, 4) is 11.4 Å². The number of nitrogens with one attached hydrogen (secondary N) is 2. The van der Waals surface area contributed by atoms with E-state index in [1.807, 2.05) is 42.5 Å². The van der Waals surface area contributed by atoms with Crippen LogP contribution in [0, 0.1) is 6.92 Å². The molecule has 0 fully saturated rings. The third kappa shape index (κ3) is 4.89. The predicted octanol–water partition coefficient (Wildman–Crippen LogP) is 3.71. The van der Waals surface area contributed by atoms with Crippen LogP contribution in [0.2, 0.25) is 0 Å². The van der Waals surface area contributed by atoms with Crippen molar-refractivity contribution in [2.24, 2.45) is 0 Å². The van der Waals surface area contributed by atoms with Crippen molar-refractivity contribution >= 4 is 11.6 Å². The fraction of sp³-hybridized carbons (Fsp3) is 0.190. The number of amides is 1. The summed E-state index contributed by atoms with van der Waals surface area (Å²) in [5.74, 6) is 0.471. The first-order valence-corrected chi connectivity index (χ1v) is 8.62. The van der Waals surface area contributed by atoms with Crippen molar-refractivity contribution in [2.75, 3.05) is 5.32 Å². The lowest BCUT2D eigenvalue weighted by molar-refractivity contribution is -0.116. The second kappa shape index (κ2) is 8.25. The van der Waals surface area contributed by atoms with Crippen molar-refractivity contribution in [2.45, 2.75) is 26.2 Å². The average molecular weight is 347 g/mol. The number of H-pyrrole nitrogens is 1. The van der Waals surface area contributed by atoms with E-state index in [9.17, 15) is 9.59 Å². The van der Waals surface area contributed by atoms with E-state index >= 15 is 0 Å². The Morgan fingerprint density at radius 1 is 1.08 bits per heavy atom. The molecule has 132 valence electrons. The number of aryl methyl sites for hydroxylation is 2. The molecule has 5 nitrogen and oxygen atoms in total. The van der Waals surface area contributed by atoms with E-state index in [4.69, 9.17) is 0 Å². The van der Waals surface area contributed by atoms with Crippen LogP contribution in [0.3, 0.4) is 0 Å². The molecule has 0 unspecified atom stereocenters. The van der Waals surface area contributed by atoms with E-state index in [2.05, 4.69) is 27.4 Å². The van der Waals surface area contributed by atoms with Gasteiger partial charge in [-0.3, -0.25) is 9.59 Å². The van der Waals surface area contributed by atoms with E-state index in [1.54, 1.807) is 6.92 Å². The number of rotatable bonds is 6. The normalized spacial score (nSPS) is 10.5. The van der Waals surface area contributed by atoms with E-state index in [-0.39, 0.29) is 11.5 Å². The van der Waals surface area contributed by atoms with Crippen LogP contribution in [0.4, 0.5) is 5.69 Å². The van der Waals surface area contributed by atoms with Crippen LogP contribution >= 0.6 is 0 Å². The van der Waals surface area contributed by atoms with E-state index in [0.717, 1.165) is 18.4 Å². The fourth-order valence-corrected chi connectivity index (χ4v) is 2.78. The predicted molar refractivity (Wildman–Crippen MR) is 103 cm³/mol. The summed E-state index contributed by atoms with van der Waals surface area (Å²) in [7, 11) is 0. The van der Waals surface area contributed by atoms with Gasteiger partial charge in [0.1, 0.15) is 5.82 Å². The molecule has 0 saturated carbocycles. The number of hydrogen-bond donors (Lipinski definition) is 2. The van der Waals surface area contributed by atoms with Gasteiger partial charge in [-0.05, 0) is 37.5 Å². The molecule has 0 aliphatic rings. The second-order valence-electron chi connectivity index (χ2n) is 6.20. The Labute approximate surface area is 152 Å². The summed E-state index contributed by atoms with van der Waals surface area (Å²) >= 11 is 0. The molecule has 0 bridgehead atoms. The van der Waals surface area contributed by atoms with Gasteiger partial charge < -0.3 is 10.3 Å². The molecule has 0 radical (unpaired) electrons. The number of carbonyl (C=O) groups is 1. The molecule has 5 heteroatoms. The summed E-state index contributed by atoms with van der Waals surface area (Å²) in [5.41, 5.74) is 3.14. The summed E-state index contributed by atoms with van der Waals surface area (Å²) in [6.07, 6.45) is 2.13. The molecule has 1 heterocycles. The quantitative estimate of drug-likeness (QED) is 0.714. The Bertz CT molecular complexity index is 949. The highest BCUT2D eigenvalue weighted by atomic mass is 16.1. The first-order valence-electron chi connectivity index (χ1n) is 8.62. The maximum atomic E-state index is 12.2. The summed E-state index contributed by atoms with van der Waals surface area (Å²) in [6.45, 7) is 1.77. The number of nitrogens with zero attached hydrogens (tertiary/aromatic N) is 1. The molecular weight excluding hydrogens is 326 g/mol. The van der Waals surface area contributed by atoms with Crippen molar-refractivity contribution < 1.29 is 4.79 Å². The Kier molecular flexibility index (Phi) is 5.59. The average Bonchev–Trinajstić information content (AvgIpc) is 2.62. The largest absolute Gasteiger partial charge is 0.326 e. The first-order chi connectivity index (χ1) is 12.6. The van der Waals surface area contributed by atoms with Gasteiger partial charge in [0.2, 0.25) is 5.91 Å². The van der Waals surface area contributed by atoms with Gasteiger partial charge in [0.05, 0.1) is 0 Å². The van der Waals surface area contributed by atoms with Gasteiger partial charge >= 0.3 is 0 Å². The maximum absolute atomic E-state index is 12.2. The molecule has 0 aliphatic heterocycles. The number of anilines is 1. The minimum absolute atomic E-state index is 0.0243. The van der Waals surface area contributed by atoms with E-state index in [0.29, 0.717) is 23.6 Å². The lowest BCUT2D eigenvalue weighted by Gasteiger charge is -2.08. The van der Waals surface area contributed by atoms with Gasteiger partial charge in [-0.15, -0.1) is 0 Å². The topological polar surface area (TPSA) is 74.8 Å². The summed E-state index contributed by atoms with van der Waals surface area (Å²) in [6, 6.07) is 18.9. The second-order valence-corrected chi connectivity index (χ2v) is 6.20. The molecule has 0 spiro atoms. The molecule has 3 aromatic rings. The third-order valence-electron chi connectivity index (χ3n) is 4.00. The highest BCUT2D eigenvalue weighted by molar-refractivity contribution is 5.91. The SMILES string of the molecule is Cc1cc(=O)[nH]c(-c2cccc(NC(=O)CCCc3ccccc3)c2)n1. The van der Waals surface area contributed by atoms with Crippen LogP contribution in [0.1, 0.15) is 24.1 Å². The van der Waals surface area contributed by atoms with Crippen LogP contribution in [-0.2, 0) is 11.2 Å². The lowest BCUT2D eigenvalue weighted by Crippen LogP contribution is -2.12. The van der Waals surface area contributed by atoms with E-state index < -0.39 is 0 Å².